The molecule has 0 radical (unpaired) electrons. The zero-order valence-electron chi connectivity index (χ0n) is 10.1. The predicted octanol–water partition coefficient (Wildman–Crippen LogP) is 2.31. The number of nitrogens with two attached hydrogens (primary N) is 1. The summed E-state index contributed by atoms with van der Waals surface area (Å²) in [6.45, 7) is 0.253. The van der Waals surface area contributed by atoms with E-state index in [1.807, 2.05) is 0 Å². The zero-order valence-corrected chi connectivity index (χ0v) is 10.9. The number of methoxy groups -OCH3 is 1. The van der Waals surface area contributed by atoms with Gasteiger partial charge in [0.1, 0.15) is 6.61 Å². The van der Waals surface area contributed by atoms with E-state index in [0.717, 1.165) is 0 Å². The molecule has 1 amide bonds. The van der Waals surface area contributed by atoms with Crippen LogP contribution in [0, 0.1) is 0 Å². The van der Waals surface area contributed by atoms with Crippen molar-refractivity contribution < 1.29 is 14.1 Å². The number of halogens is 1. The third-order valence-electron chi connectivity index (χ3n) is 2.34. The van der Waals surface area contributed by atoms with E-state index in [4.69, 9.17) is 26.6 Å². The minimum absolute atomic E-state index is 0.154. The second kappa shape index (κ2) is 5.73. The van der Waals surface area contributed by atoms with Crippen molar-refractivity contribution in [2.24, 2.45) is 0 Å². The van der Waals surface area contributed by atoms with Crippen LogP contribution in [0.15, 0.2) is 28.8 Å². The molecule has 1 aromatic carbocycles. The van der Waals surface area contributed by atoms with Crippen molar-refractivity contribution in [3.8, 4) is 0 Å². The third-order valence-corrected chi connectivity index (χ3v) is 2.58. The number of hydrogen-bond donors (Lipinski definition) is 2. The summed E-state index contributed by atoms with van der Waals surface area (Å²) < 4.78 is 9.80. The average molecular weight is 282 g/mol. The second-order valence-corrected chi connectivity index (χ2v) is 4.23. The van der Waals surface area contributed by atoms with E-state index in [2.05, 4.69) is 10.5 Å². The van der Waals surface area contributed by atoms with Gasteiger partial charge in [-0.15, -0.1) is 0 Å². The topological polar surface area (TPSA) is 90.4 Å². The Labute approximate surface area is 114 Å². The quantitative estimate of drug-likeness (QED) is 0.839. The summed E-state index contributed by atoms with van der Waals surface area (Å²) in [5, 5.41) is 6.77. The first-order chi connectivity index (χ1) is 9.10. The van der Waals surface area contributed by atoms with E-state index in [9.17, 15) is 4.79 Å². The van der Waals surface area contributed by atoms with Crippen molar-refractivity contribution in [1.29, 1.82) is 0 Å². The fraction of sp³-hybridized carbons (Fsp3) is 0.167. The number of carbonyl (C=O) groups excluding carboxylic acids is 1. The molecular weight excluding hydrogens is 270 g/mol. The lowest BCUT2D eigenvalue weighted by atomic mass is 10.2. The minimum Gasteiger partial charge on any atom is -0.397 e. The Morgan fingerprint density at radius 2 is 2.32 bits per heavy atom. The molecule has 0 fully saturated rings. The number of carbonyl (C=O) groups is 1. The molecule has 100 valence electrons. The highest BCUT2D eigenvalue weighted by Crippen LogP contribution is 2.23. The lowest BCUT2D eigenvalue weighted by Gasteiger charge is -2.06. The van der Waals surface area contributed by atoms with Crippen LogP contribution in [0.1, 0.15) is 16.2 Å². The number of benzene rings is 1. The molecular formula is C12H12ClN3O3. The van der Waals surface area contributed by atoms with E-state index in [0.29, 0.717) is 22.2 Å². The van der Waals surface area contributed by atoms with Crippen LogP contribution in [0.25, 0.3) is 0 Å². The Kier molecular flexibility index (Phi) is 4.03. The molecule has 0 aliphatic heterocycles. The second-order valence-electron chi connectivity index (χ2n) is 3.80. The van der Waals surface area contributed by atoms with E-state index in [1.165, 1.54) is 13.2 Å². The smallest absolute Gasteiger partial charge is 0.277 e. The van der Waals surface area contributed by atoms with Gasteiger partial charge in [-0.1, -0.05) is 16.8 Å². The minimum atomic E-state index is -0.417. The van der Waals surface area contributed by atoms with Gasteiger partial charge in [0.05, 0.1) is 11.4 Å². The summed E-state index contributed by atoms with van der Waals surface area (Å²) in [6.07, 6.45) is 0. The summed E-state index contributed by atoms with van der Waals surface area (Å²) in [4.78, 5) is 11.9. The van der Waals surface area contributed by atoms with Crippen LogP contribution in [-0.2, 0) is 11.3 Å². The Morgan fingerprint density at radius 1 is 1.53 bits per heavy atom. The molecule has 0 saturated heterocycles. The molecule has 2 rings (SSSR count). The highest BCUT2D eigenvalue weighted by molar-refractivity contribution is 6.31. The van der Waals surface area contributed by atoms with Crippen molar-refractivity contribution in [3.63, 3.8) is 0 Å². The molecule has 0 bridgehead atoms. The summed E-state index contributed by atoms with van der Waals surface area (Å²) in [5.74, 6) is 0.0526. The highest BCUT2D eigenvalue weighted by Gasteiger charge is 2.13. The fourth-order valence-corrected chi connectivity index (χ4v) is 1.64. The molecule has 7 heteroatoms. The van der Waals surface area contributed by atoms with Gasteiger partial charge in [-0.3, -0.25) is 4.79 Å². The van der Waals surface area contributed by atoms with Crippen molar-refractivity contribution >= 4 is 28.9 Å². The van der Waals surface area contributed by atoms with Crippen LogP contribution in [0.2, 0.25) is 5.02 Å². The van der Waals surface area contributed by atoms with Crippen molar-refractivity contribution in [1.82, 2.24) is 5.16 Å². The Morgan fingerprint density at radius 3 is 3.00 bits per heavy atom. The maximum atomic E-state index is 11.9. The summed E-state index contributed by atoms with van der Waals surface area (Å²) >= 11 is 5.77. The van der Waals surface area contributed by atoms with Crippen LogP contribution in [-0.4, -0.2) is 18.2 Å². The molecule has 3 N–H and O–H groups in total. The van der Waals surface area contributed by atoms with Gasteiger partial charge >= 0.3 is 0 Å². The third kappa shape index (κ3) is 3.24. The number of nitrogens with one attached hydrogen (secondary N) is 1. The first-order valence-corrected chi connectivity index (χ1v) is 5.79. The molecule has 19 heavy (non-hydrogen) atoms. The number of rotatable bonds is 4. The molecule has 0 aliphatic rings. The molecule has 6 nitrogen and oxygen atoms in total. The van der Waals surface area contributed by atoms with Crippen molar-refractivity contribution in [3.05, 3.63) is 40.7 Å². The lowest BCUT2D eigenvalue weighted by molar-refractivity contribution is 0.101. The van der Waals surface area contributed by atoms with E-state index in [1.54, 1.807) is 18.2 Å². The highest BCUT2D eigenvalue weighted by atomic mass is 35.5. The van der Waals surface area contributed by atoms with Crippen LogP contribution < -0.4 is 11.1 Å². The number of nitrogen functional groups attached to an aromatic ring is 1. The van der Waals surface area contributed by atoms with Crippen LogP contribution in [0.3, 0.4) is 0 Å². The SMILES string of the molecule is COCc1cc(C(=O)Nc2ccc(Cl)cc2N)no1. The number of anilines is 2. The van der Waals surface area contributed by atoms with Gasteiger partial charge < -0.3 is 20.3 Å². The zero-order chi connectivity index (χ0) is 13.8. The standard InChI is InChI=1S/C12H12ClN3O3/c1-18-6-8-5-11(16-19-8)12(17)15-10-3-2-7(13)4-9(10)14/h2-5H,6,14H2,1H3,(H,15,17). The average Bonchev–Trinajstić information content (AvgIpc) is 2.82. The molecule has 2 aromatic rings. The van der Waals surface area contributed by atoms with Crippen LogP contribution >= 0.6 is 11.6 Å². The molecule has 0 spiro atoms. The van der Waals surface area contributed by atoms with Gasteiger partial charge in [0.15, 0.2) is 11.5 Å². The summed E-state index contributed by atoms with van der Waals surface area (Å²) in [5.41, 5.74) is 6.73. The maximum absolute atomic E-state index is 11.9. The Bertz CT molecular complexity index is 598. The lowest BCUT2D eigenvalue weighted by Crippen LogP contribution is -2.13. The Balaban J connectivity index is 2.11. The van der Waals surface area contributed by atoms with E-state index in [-0.39, 0.29) is 12.3 Å². The number of nitrogens with zero attached hydrogens (tertiary/aromatic N) is 1. The van der Waals surface area contributed by atoms with Crippen LogP contribution in [0.5, 0.6) is 0 Å². The number of hydrogen-bond acceptors (Lipinski definition) is 5. The first-order valence-electron chi connectivity index (χ1n) is 5.41. The van der Waals surface area contributed by atoms with Crippen molar-refractivity contribution in [2.75, 3.05) is 18.2 Å². The molecule has 0 atom stereocenters. The maximum Gasteiger partial charge on any atom is 0.277 e. The summed E-state index contributed by atoms with van der Waals surface area (Å²) in [6, 6.07) is 6.31. The normalized spacial score (nSPS) is 10.4. The number of ether oxygens (including phenoxy) is 1. The van der Waals surface area contributed by atoms with Crippen molar-refractivity contribution in [2.45, 2.75) is 6.61 Å². The number of aromatic nitrogens is 1. The molecule has 0 saturated carbocycles. The number of amides is 1. The van der Waals surface area contributed by atoms with Gasteiger partial charge in [0.25, 0.3) is 5.91 Å². The Hall–Kier alpha value is -2.05. The van der Waals surface area contributed by atoms with E-state index < -0.39 is 5.91 Å². The molecule has 0 unspecified atom stereocenters. The molecule has 1 heterocycles. The van der Waals surface area contributed by atoms with Gasteiger partial charge in [-0.2, -0.15) is 0 Å². The van der Waals surface area contributed by atoms with Crippen LogP contribution in [0.4, 0.5) is 11.4 Å². The monoisotopic (exact) mass is 281 g/mol. The van der Waals surface area contributed by atoms with Gasteiger partial charge in [0, 0.05) is 18.2 Å². The fourth-order valence-electron chi connectivity index (χ4n) is 1.46. The summed E-state index contributed by atoms with van der Waals surface area (Å²) in [7, 11) is 1.52. The van der Waals surface area contributed by atoms with Gasteiger partial charge in [0.2, 0.25) is 0 Å². The van der Waals surface area contributed by atoms with Gasteiger partial charge in [-0.25, -0.2) is 0 Å². The molecule has 1 aromatic heterocycles. The van der Waals surface area contributed by atoms with Gasteiger partial charge in [-0.05, 0) is 18.2 Å². The van der Waals surface area contributed by atoms with E-state index >= 15 is 0 Å². The largest absolute Gasteiger partial charge is 0.397 e. The predicted molar refractivity (Wildman–Crippen MR) is 71.0 cm³/mol. The molecule has 0 aliphatic carbocycles. The first kappa shape index (κ1) is 13.4.